The number of rotatable bonds is 10. The minimum atomic E-state index is -1.10. The molecule has 0 saturated heterocycles. The number of hydrogen-bond acceptors (Lipinski definition) is 4. The molecule has 1 atom stereocenters. The summed E-state index contributed by atoms with van der Waals surface area (Å²) in [5.74, 6) is -1.89. The van der Waals surface area contributed by atoms with Gasteiger partial charge in [-0.15, -0.1) is 0 Å². The average molecular weight is 508 g/mol. The number of carboxylic acids is 1. The summed E-state index contributed by atoms with van der Waals surface area (Å²) in [4.78, 5) is 26.6. The van der Waals surface area contributed by atoms with Crippen molar-refractivity contribution in [3.05, 3.63) is 137 Å². The third-order valence-electron chi connectivity index (χ3n) is 6.12. The fourth-order valence-electron chi connectivity index (χ4n) is 4.07. The Labute approximate surface area is 220 Å². The van der Waals surface area contributed by atoms with Crippen LogP contribution in [-0.2, 0) is 24.3 Å². The van der Waals surface area contributed by atoms with Gasteiger partial charge in [0, 0.05) is 30.8 Å². The van der Waals surface area contributed by atoms with Crippen LogP contribution in [0.25, 0.3) is 0 Å². The van der Waals surface area contributed by atoms with Gasteiger partial charge in [-0.2, -0.15) is 5.26 Å². The SMILES string of the molecule is N#Cc1ccc(CN(Cc2ccc(C(=O)NC(Cc3ccccc3)C(=O)O)cc2)c2ccc(F)cc2)cc1. The van der Waals surface area contributed by atoms with Crippen LogP contribution in [0.5, 0.6) is 0 Å². The van der Waals surface area contributed by atoms with E-state index in [1.807, 2.05) is 54.6 Å². The zero-order chi connectivity index (χ0) is 26.9. The van der Waals surface area contributed by atoms with Crippen LogP contribution in [0.2, 0.25) is 0 Å². The Kier molecular flexibility index (Phi) is 8.47. The quantitative estimate of drug-likeness (QED) is 0.303. The fraction of sp³-hybridized carbons (Fsp3) is 0.129. The second-order valence-electron chi connectivity index (χ2n) is 8.89. The molecule has 0 aliphatic rings. The lowest BCUT2D eigenvalue weighted by Gasteiger charge is -2.25. The summed E-state index contributed by atoms with van der Waals surface area (Å²) < 4.78 is 13.5. The van der Waals surface area contributed by atoms with Gasteiger partial charge in [-0.05, 0) is 65.2 Å². The molecule has 0 spiro atoms. The summed E-state index contributed by atoms with van der Waals surface area (Å²) in [6.45, 7) is 1.01. The van der Waals surface area contributed by atoms with Crippen molar-refractivity contribution in [2.75, 3.05) is 4.90 Å². The van der Waals surface area contributed by atoms with Gasteiger partial charge in [0.05, 0.1) is 11.6 Å². The van der Waals surface area contributed by atoms with Crippen LogP contribution in [0, 0.1) is 17.1 Å². The molecule has 4 aromatic rings. The summed E-state index contributed by atoms with van der Waals surface area (Å²) in [6.07, 6.45) is 0.183. The highest BCUT2D eigenvalue weighted by Gasteiger charge is 2.21. The lowest BCUT2D eigenvalue weighted by molar-refractivity contribution is -0.139. The van der Waals surface area contributed by atoms with Crippen LogP contribution in [0.4, 0.5) is 10.1 Å². The second-order valence-corrected chi connectivity index (χ2v) is 8.89. The van der Waals surface area contributed by atoms with E-state index in [0.717, 1.165) is 22.4 Å². The van der Waals surface area contributed by atoms with Crippen LogP contribution in [0.1, 0.15) is 32.6 Å². The van der Waals surface area contributed by atoms with E-state index in [-0.39, 0.29) is 12.2 Å². The lowest BCUT2D eigenvalue weighted by atomic mass is 10.0. The van der Waals surface area contributed by atoms with Crippen molar-refractivity contribution in [3.8, 4) is 6.07 Å². The summed E-state index contributed by atoms with van der Waals surface area (Å²) in [5, 5.41) is 21.3. The van der Waals surface area contributed by atoms with Gasteiger partial charge in [0.25, 0.3) is 5.91 Å². The molecule has 38 heavy (non-hydrogen) atoms. The molecular formula is C31H26FN3O3. The molecule has 0 aliphatic carbocycles. The van der Waals surface area contributed by atoms with E-state index >= 15 is 0 Å². The highest BCUT2D eigenvalue weighted by molar-refractivity contribution is 5.96. The number of halogens is 1. The Morgan fingerprint density at radius 3 is 1.95 bits per heavy atom. The maximum absolute atomic E-state index is 13.5. The molecule has 2 N–H and O–H groups in total. The van der Waals surface area contributed by atoms with Crippen molar-refractivity contribution >= 4 is 17.6 Å². The maximum atomic E-state index is 13.5. The molecule has 6 nitrogen and oxygen atoms in total. The highest BCUT2D eigenvalue weighted by atomic mass is 19.1. The monoisotopic (exact) mass is 507 g/mol. The van der Waals surface area contributed by atoms with E-state index < -0.39 is 17.9 Å². The number of anilines is 1. The van der Waals surface area contributed by atoms with Gasteiger partial charge in [-0.3, -0.25) is 4.79 Å². The molecular weight excluding hydrogens is 481 g/mol. The van der Waals surface area contributed by atoms with Gasteiger partial charge >= 0.3 is 5.97 Å². The summed E-state index contributed by atoms with van der Waals surface area (Å²) in [5.41, 5.74) is 4.47. The van der Waals surface area contributed by atoms with Crippen LogP contribution < -0.4 is 10.2 Å². The van der Waals surface area contributed by atoms with Crippen LogP contribution in [0.3, 0.4) is 0 Å². The predicted octanol–water partition coefficient (Wildman–Crippen LogP) is 5.33. The van der Waals surface area contributed by atoms with E-state index in [4.69, 9.17) is 5.26 Å². The molecule has 1 amide bonds. The van der Waals surface area contributed by atoms with Crippen molar-refractivity contribution in [2.24, 2.45) is 0 Å². The number of benzene rings is 4. The first kappa shape index (κ1) is 26.1. The number of amides is 1. The number of carbonyl (C=O) groups excluding carboxylic acids is 1. The Morgan fingerprint density at radius 1 is 0.816 bits per heavy atom. The topological polar surface area (TPSA) is 93.4 Å². The Hall–Kier alpha value is -4.96. The van der Waals surface area contributed by atoms with E-state index in [9.17, 15) is 19.1 Å². The van der Waals surface area contributed by atoms with E-state index in [0.29, 0.717) is 24.2 Å². The summed E-state index contributed by atoms with van der Waals surface area (Å²) in [7, 11) is 0. The molecule has 7 heteroatoms. The Balaban J connectivity index is 1.47. The number of carboxylic acid groups (broad SMARTS) is 1. The van der Waals surface area contributed by atoms with Crippen molar-refractivity contribution in [1.82, 2.24) is 5.32 Å². The number of nitriles is 1. The average Bonchev–Trinajstić information content (AvgIpc) is 2.94. The first-order valence-electron chi connectivity index (χ1n) is 12.1. The normalized spacial score (nSPS) is 11.3. The minimum absolute atomic E-state index is 0.183. The fourth-order valence-corrected chi connectivity index (χ4v) is 4.07. The zero-order valence-corrected chi connectivity index (χ0v) is 20.5. The molecule has 0 heterocycles. The zero-order valence-electron chi connectivity index (χ0n) is 20.5. The third-order valence-corrected chi connectivity index (χ3v) is 6.12. The van der Waals surface area contributed by atoms with E-state index in [2.05, 4.69) is 16.3 Å². The van der Waals surface area contributed by atoms with E-state index in [1.54, 1.807) is 36.4 Å². The first-order valence-corrected chi connectivity index (χ1v) is 12.1. The van der Waals surface area contributed by atoms with Gasteiger partial charge in [0.15, 0.2) is 0 Å². The smallest absolute Gasteiger partial charge is 0.326 e. The second kappa shape index (κ2) is 12.3. The van der Waals surface area contributed by atoms with Crippen molar-refractivity contribution in [1.29, 1.82) is 5.26 Å². The lowest BCUT2D eigenvalue weighted by Crippen LogP contribution is -2.42. The minimum Gasteiger partial charge on any atom is -0.480 e. The molecule has 0 saturated carbocycles. The molecule has 4 rings (SSSR count). The molecule has 4 aromatic carbocycles. The Morgan fingerprint density at radius 2 is 1.39 bits per heavy atom. The largest absolute Gasteiger partial charge is 0.480 e. The van der Waals surface area contributed by atoms with Gasteiger partial charge in [0.1, 0.15) is 11.9 Å². The molecule has 0 aliphatic heterocycles. The highest BCUT2D eigenvalue weighted by Crippen LogP contribution is 2.21. The van der Waals surface area contributed by atoms with Gasteiger partial charge in [-0.25, -0.2) is 9.18 Å². The number of carbonyl (C=O) groups is 2. The molecule has 0 aromatic heterocycles. The first-order chi connectivity index (χ1) is 18.4. The summed E-state index contributed by atoms with van der Waals surface area (Å²) >= 11 is 0. The molecule has 0 radical (unpaired) electrons. The van der Waals surface area contributed by atoms with E-state index in [1.165, 1.54) is 12.1 Å². The Bertz CT molecular complexity index is 1410. The van der Waals surface area contributed by atoms with Gasteiger partial charge in [-0.1, -0.05) is 54.6 Å². The summed E-state index contributed by atoms with van der Waals surface area (Å²) in [6, 6.07) is 30.7. The maximum Gasteiger partial charge on any atom is 0.326 e. The number of nitrogens with one attached hydrogen (secondary N) is 1. The van der Waals surface area contributed by atoms with Crippen molar-refractivity contribution < 1.29 is 19.1 Å². The molecule has 1 unspecified atom stereocenters. The standard InChI is InChI=1S/C31H26FN3O3/c32-27-14-16-28(17-15-27)35(20-24-8-6-23(19-33)7-9-24)21-25-10-12-26(13-11-25)30(36)34-29(31(37)38)18-22-4-2-1-3-5-22/h1-17,29H,18,20-21H2,(H,34,36)(H,37,38). The number of nitrogens with zero attached hydrogens (tertiary/aromatic N) is 2. The van der Waals surface area contributed by atoms with Crippen molar-refractivity contribution in [2.45, 2.75) is 25.6 Å². The molecule has 0 fully saturated rings. The van der Waals surface area contributed by atoms with Crippen LogP contribution >= 0.6 is 0 Å². The third kappa shape index (κ3) is 7.05. The van der Waals surface area contributed by atoms with Crippen molar-refractivity contribution in [3.63, 3.8) is 0 Å². The molecule has 0 bridgehead atoms. The van der Waals surface area contributed by atoms with Gasteiger partial charge < -0.3 is 15.3 Å². The predicted molar refractivity (Wildman–Crippen MR) is 143 cm³/mol. The molecule has 190 valence electrons. The number of hydrogen-bond donors (Lipinski definition) is 2. The van der Waals surface area contributed by atoms with Gasteiger partial charge in [0.2, 0.25) is 0 Å². The number of aliphatic carboxylic acids is 1. The van der Waals surface area contributed by atoms with Crippen LogP contribution in [0.15, 0.2) is 103 Å². The van der Waals surface area contributed by atoms with Crippen LogP contribution in [-0.4, -0.2) is 23.0 Å².